The molecule has 1 amide bonds. The molecule has 3 rings (SSSR count). The number of rotatable bonds is 5. The second-order valence-corrected chi connectivity index (χ2v) is 7.58. The molecule has 1 heterocycles. The number of hydrogen-bond acceptors (Lipinski definition) is 6. The van der Waals surface area contributed by atoms with Crippen LogP contribution in [0.4, 0.5) is 5.69 Å². The van der Waals surface area contributed by atoms with Crippen LogP contribution in [-0.4, -0.2) is 23.2 Å². The van der Waals surface area contributed by atoms with Crippen molar-refractivity contribution in [1.82, 2.24) is 10.2 Å². The molecular formula is C16H12BrN3O2S2. The Morgan fingerprint density at radius 1 is 1.29 bits per heavy atom. The van der Waals surface area contributed by atoms with E-state index in [1.807, 2.05) is 24.3 Å². The normalized spacial score (nSPS) is 10.4. The number of carbonyl (C=O) groups excluding carboxylic acids is 1. The maximum Gasteiger partial charge on any atom is 0.256 e. The largest absolute Gasteiger partial charge is 0.497 e. The van der Waals surface area contributed by atoms with Crippen molar-refractivity contribution in [1.29, 1.82) is 0 Å². The molecular weight excluding hydrogens is 410 g/mol. The van der Waals surface area contributed by atoms with Crippen LogP contribution >= 0.6 is 39.0 Å². The van der Waals surface area contributed by atoms with Crippen LogP contribution in [0, 0.1) is 0 Å². The molecule has 5 nitrogen and oxygen atoms in total. The van der Waals surface area contributed by atoms with Crippen LogP contribution in [0.25, 0.3) is 0 Å². The fourth-order valence-electron chi connectivity index (χ4n) is 1.96. The number of carbonyl (C=O) groups is 1. The van der Waals surface area contributed by atoms with E-state index in [-0.39, 0.29) is 5.91 Å². The van der Waals surface area contributed by atoms with Crippen molar-refractivity contribution >= 4 is 50.6 Å². The minimum absolute atomic E-state index is 0.217. The number of methoxy groups -OCH3 is 1. The van der Waals surface area contributed by atoms with Gasteiger partial charge in [0, 0.05) is 9.37 Å². The van der Waals surface area contributed by atoms with E-state index in [1.54, 1.807) is 30.8 Å². The lowest BCUT2D eigenvalue weighted by Crippen LogP contribution is -2.13. The minimum atomic E-state index is -0.217. The standard InChI is InChI=1S/C16H12BrN3O2S2/c1-22-10-6-7-12(17)11(8-10)15(21)19-13-4-2-3-5-14(13)24-16-20-18-9-23-16/h2-9H,1H3,(H,19,21). The third-order valence-corrected chi connectivity index (χ3v) is 5.64. The highest BCUT2D eigenvalue weighted by Gasteiger charge is 2.14. The van der Waals surface area contributed by atoms with Crippen LogP contribution < -0.4 is 10.1 Å². The summed E-state index contributed by atoms with van der Waals surface area (Å²) >= 11 is 6.32. The van der Waals surface area contributed by atoms with Crippen molar-refractivity contribution in [2.24, 2.45) is 0 Å². The van der Waals surface area contributed by atoms with Gasteiger partial charge in [0.15, 0.2) is 4.34 Å². The van der Waals surface area contributed by atoms with Crippen LogP contribution in [0.15, 0.2) is 61.7 Å². The average molecular weight is 422 g/mol. The van der Waals surface area contributed by atoms with Gasteiger partial charge in [0.25, 0.3) is 5.91 Å². The Labute approximate surface area is 155 Å². The average Bonchev–Trinajstić information content (AvgIpc) is 3.10. The summed E-state index contributed by atoms with van der Waals surface area (Å²) < 4.78 is 6.71. The van der Waals surface area contributed by atoms with Crippen LogP contribution in [0.2, 0.25) is 0 Å². The Hall–Kier alpha value is -1.90. The molecule has 0 fully saturated rings. The highest BCUT2D eigenvalue weighted by Crippen LogP contribution is 2.34. The van der Waals surface area contributed by atoms with Crippen molar-refractivity contribution in [3.8, 4) is 5.75 Å². The molecule has 1 aromatic heterocycles. The van der Waals surface area contributed by atoms with Gasteiger partial charge in [-0.1, -0.05) is 35.2 Å². The van der Waals surface area contributed by atoms with Gasteiger partial charge in [-0.3, -0.25) is 4.79 Å². The molecule has 0 saturated heterocycles. The number of benzene rings is 2. The highest BCUT2D eigenvalue weighted by atomic mass is 79.9. The maximum absolute atomic E-state index is 12.6. The topological polar surface area (TPSA) is 64.1 Å². The zero-order valence-electron chi connectivity index (χ0n) is 12.5. The van der Waals surface area contributed by atoms with Crippen molar-refractivity contribution in [2.75, 3.05) is 12.4 Å². The zero-order chi connectivity index (χ0) is 16.9. The molecule has 2 aromatic carbocycles. The Balaban J connectivity index is 1.85. The van der Waals surface area contributed by atoms with E-state index >= 15 is 0 Å². The fraction of sp³-hybridized carbons (Fsp3) is 0.0625. The second kappa shape index (κ2) is 7.78. The molecule has 8 heteroatoms. The molecule has 0 aliphatic carbocycles. The fourth-order valence-corrected chi connectivity index (χ4v) is 3.90. The van der Waals surface area contributed by atoms with Crippen LogP contribution in [0.5, 0.6) is 5.75 Å². The van der Waals surface area contributed by atoms with Gasteiger partial charge < -0.3 is 10.1 Å². The van der Waals surface area contributed by atoms with E-state index in [0.29, 0.717) is 15.8 Å². The van der Waals surface area contributed by atoms with Gasteiger partial charge in [-0.15, -0.1) is 10.2 Å². The van der Waals surface area contributed by atoms with E-state index in [1.165, 1.54) is 23.1 Å². The first-order valence-corrected chi connectivity index (χ1v) is 9.34. The van der Waals surface area contributed by atoms with Crippen molar-refractivity contribution in [2.45, 2.75) is 9.24 Å². The summed E-state index contributed by atoms with van der Waals surface area (Å²) in [6.45, 7) is 0. The Morgan fingerprint density at radius 3 is 2.88 bits per heavy atom. The lowest BCUT2D eigenvalue weighted by Gasteiger charge is -2.11. The van der Waals surface area contributed by atoms with Gasteiger partial charge in [0.2, 0.25) is 0 Å². The van der Waals surface area contributed by atoms with Crippen molar-refractivity contribution < 1.29 is 9.53 Å². The number of nitrogens with one attached hydrogen (secondary N) is 1. The zero-order valence-corrected chi connectivity index (χ0v) is 15.7. The summed E-state index contributed by atoms with van der Waals surface area (Å²) in [7, 11) is 1.57. The van der Waals surface area contributed by atoms with Crippen molar-refractivity contribution in [3.63, 3.8) is 0 Å². The quantitative estimate of drug-likeness (QED) is 0.645. The molecule has 0 aliphatic rings. The lowest BCUT2D eigenvalue weighted by atomic mass is 10.2. The number of anilines is 1. The second-order valence-electron chi connectivity index (χ2n) is 4.60. The maximum atomic E-state index is 12.6. The predicted octanol–water partition coefficient (Wildman–Crippen LogP) is 4.71. The Kier molecular flexibility index (Phi) is 5.49. The summed E-state index contributed by atoms with van der Waals surface area (Å²) in [6, 6.07) is 12.9. The lowest BCUT2D eigenvalue weighted by molar-refractivity contribution is 0.102. The van der Waals surface area contributed by atoms with Gasteiger partial charge in [-0.05, 0) is 46.3 Å². The van der Waals surface area contributed by atoms with Gasteiger partial charge in [-0.2, -0.15) is 0 Å². The number of ether oxygens (including phenoxy) is 1. The number of halogens is 1. The molecule has 0 spiro atoms. The number of aromatic nitrogens is 2. The minimum Gasteiger partial charge on any atom is -0.497 e. The van der Waals surface area contributed by atoms with Gasteiger partial charge in [0.05, 0.1) is 18.4 Å². The Morgan fingerprint density at radius 2 is 2.12 bits per heavy atom. The van der Waals surface area contributed by atoms with Gasteiger partial charge in [0.1, 0.15) is 11.3 Å². The molecule has 0 atom stereocenters. The molecule has 0 saturated carbocycles. The van der Waals surface area contributed by atoms with E-state index in [9.17, 15) is 4.79 Å². The highest BCUT2D eigenvalue weighted by molar-refractivity contribution is 9.10. The van der Waals surface area contributed by atoms with Gasteiger partial charge >= 0.3 is 0 Å². The number of amides is 1. The Bertz CT molecular complexity index is 856. The van der Waals surface area contributed by atoms with E-state index in [0.717, 1.165) is 14.9 Å². The summed E-state index contributed by atoms with van der Waals surface area (Å²) in [5.41, 5.74) is 2.90. The number of nitrogens with zero attached hydrogens (tertiary/aromatic N) is 2. The summed E-state index contributed by atoms with van der Waals surface area (Å²) in [5.74, 6) is 0.408. The van der Waals surface area contributed by atoms with Crippen LogP contribution in [0.3, 0.4) is 0 Å². The van der Waals surface area contributed by atoms with Crippen LogP contribution in [-0.2, 0) is 0 Å². The first-order valence-electron chi connectivity index (χ1n) is 6.85. The third kappa shape index (κ3) is 3.95. The van der Waals surface area contributed by atoms with Gasteiger partial charge in [-0.25, -0.2) is 0 Å². The predicted molar refractivity (Wildman–Crippen MR) is 99.1 cm³/mol. The third-order valence-electron chi connectivity index (χ3n) is 3.09. The SMILES string of the molecule is COc1ccc(Br)c(C(=O)Nc2ccccc2Sc2nncs2)c1. The summed E-state index contributed by atoms with van der Waals surface area (Å²) in [4.78, 5) is 13.5. The molecule has 122 valence electrons. The molecule has 0 aliphatic heterocycles. The number of para-hydroxylation sites is 1. The summed E-state index contributed by atoms with van der Waals surface area (Å²) in [5, 5.41) is 10.8. The molecule has 3 aromatic rings. The molecule has 0 bridgehead atoms. The first kappa shape index (κ1) is 16.9. The first-order chi connectivity index (χ1) is 11.7. The molecule has 24 heavy (non-hydrogen) atoms. The summed E-state index contributed by atoms with van der Waals surface area (Å²) in [6.07, 6.45) is 0. The number of hydrogen-bond donors (Lipinski definition) is 1. The van der Waals surface area contributed by atoms with Crippen LogP contribution in [0.1, 0.15) is 10.4 Å². The van der Waals surface area contributed by atoms with Crippen molar-refractivity contribution in [3.05, 3.63) is 58.0 Å². The molecule has 0 radical (unpaired) electrons. The van der Waals surface area contributed by atoms with E-state index in [2.05, 4.69) is 31.4 Å². The monoisotopic (exact) mass is 421 g/mol. The van der Waals surface area contributed by atoms with E-state index in [4.69, 9.17) is 4.74 Å². The molecule has 1 N–H and O–H groups in total. The smallest absolute Gasteiger partial charge is 0.256 e. The van der Waals surface area contributed by atoms with E-state index < -0.39 is 0 Å². The molecule has 0 unspecified atom stereocenters.